The first-order chi connectivity index (χ1) is 15.8. The van der Waals surface area contributed by atoms with E-state index in [0.29, 0.717) is 12.3 Å². The number of benzene rings is 2. The number of ketones is 1. The topological polar surface area (TPSA) is 66.8 Å². The Morgan fingerprint density at radius 2 is 1.72 bits per heavy atom. The number of carbonyl (C=O) groups excluding carboxylic acids is 1. The van der Waals surface area contributed by atoms with Crippen LogP contribution in [0.5, 0.6) is 0 Å². The minimum Gasteiger partial charge on any atom is -0.360 e. The van der Waals surface area contributed by atoms with Crippen LogP contribution in [0.15, 0.2) is 66.0 Å². The van der Waals surface area contributed by atoms with Gasteiger partial charge in [0.15, 0.2) is 10.9 Å². The summed E-state index contributed by atoms with van der Waals surface area (Å²) in [6.07, 6.45) is 5.61. The number of carbonyl (C=O) groups is 1. The van der Waals surface area contributed by atoms with Crippen molar-refractivity contribution >= 4 is 28.4 Å². The molecule has 0 atom stereocenters. The number of piperidine rings is 1. The molecule has 5 rings (SSSR count). The summed E-state index contributed by atoms with van der Waals surface area (Å²) in [6, 6.07) is 18.3. The zero-order valence-electron chi connectivity index (χ0n) is 18.0. The lowest BCUT2D eigenvalue weighted by atomic mass is 10.1. The van der Waals surface area contributed by atoms with E-state index in [2.05, 4.69) is 48.9 Å². The fourth-order valence-corrected chi connectivity index (χ4v) is 5.14. The number of H-pyrrole nitrogens is 1. The number of rotatable bonds is 8. The third-order valence-electron chi connectivity index (χ3n) is 6.01. The van der Waals surface area contributed by atoms with Gasteiger partial charge in [-0.25, -0.2) is 0 Å². The van der Waals surface area contributed by atoms with Crippen LogP contribution in [0, 0.1) is 0 Å². The average molecular weight is 446 g/mol. The van der Waals surface area contributed by atoms with Crippen LogP contribution in [-0.4, -0.2) is 49.3 Å². The van der Waals surface area contributed by atoms with Gasteiger partial charge >= 0.3 is 0 Å². The van der Waals surface area contributed by atoms with Crippen molar-refractivity contribution < 1.29 is 4.79 Å². The van der Waals surface area contributed by atoms with Gasteiger partial charge in [0, 0.05) is 22.7 Å². The van der Waals surface area contributed by atoms with Crippen molar-refractivity contribution in [1.29, 1.82) is 0 Å². The number of nitrogens with one attached hydrogen (secondary N) is 1. The number of Topliss-reactive ketones (excluding diaryl/α,β-unsaturated/α-hetero) is 1. The lowest BCUT2D eigenvalue weighted by molar-refractivity contribution is 0.102. The largest absolute Gasteiger partial charge is 0.360 e. The van der Waals surface area contributed by atoms with Crippen LogP contribution in [0.25, 0.3) is 10.9 Å². The molecule has 1 aliphatic heterocycles. The number of aromatic amines is 1. The molecule has 1 saturated heterocycles. The minimum absolute atomic E-state index is 0.0966. The number of hydrogen-bond acceptors (Lipinski definition) is 5. The van der Waals surface area contributed by atoms with Crippen molar-refractivity contribution in [1.82, 2.24) is 24.6 Å². The molecule has 1 aliphatic rings. The van der Waals surface area contributed by atoms with Gasteiger partial charge in [0.2, 0.25) is 0 Å². The minimum atomic E-state index is 0.0966. The fraction of sp³-hybridized carbons (Fsp3) is 0.320. The third kappa shape index (κ3) is 4.64. The van der Waals surface area contributed by atoms with E-state index in [4.69, 9.17) is 0 Å². The monoisotopic (exact) mass is 445 g/mol. The molecule has 6 nitrogen and oxygen atoms in total. The Balaban J connectivity index is 1.35. The van der Waals surface area contributed by atoms with Gasteiger partial charge in [0.1, 0.15) is 5.82 Å². The summed E-state index contributed by atoms with van der Waals surface area (Å²) >= 11 is 1.47. The highest BCUT2D eigenvalue weighted by molar-refractivity contribution is 7.99. The number of nitrogens with zero attached hydrogens (tertiary/aromatic N) is 4. The van der Waals surface area contributed by atoms with Crippen molar-refractivity contribution in [3.8, 4) is 0 Å². The normalized spacial score (nSPS) is 14.8. The second-order valence-electron chi connectivity index (χ2n) is 8.27. The molecular weight excluding hydrogens is 418 g/mol. The Kier molecular flexibility index (Phi) is 6.36. The predicted octanol–water partition coefficient (Wildman–Crippen LogP) is 4.77. The van der Waals surface area contributed by atoms with E-state index in [1.54, 1.807) is 0 Å². The van der Waals surface area contributed by atoms with Crippen LogP contribution in [0.3, 0.4) is 0 Å². The lowest BCUT2D eigenvalue weighted by Crippen LogP contribution is -2.30. The summed E-state index contributed by atoms with van der Waals surface area (Å²) in [5.41, 5.74) is 2.92. The van der Waals surface area contributed by atoms with Crippen LogP contribution >= 0.6 is 11.8 Å². The molecule has 0 spiro atoms. The van der Waals surface area contributed by atoms with Crippen molar-refractivity contribution in [2.75, 3.05) is 18.8 Å². The Morgan fingerprint density at radius 3 is 2.56 bits per heavy atom. The molecule has 0 saturated carbocycles. The van der Waals surface area contributed by atoms with Crippen molar-refractivity contribution in [2.45, 2.75) is 37.5 Å². The number of aromatic nitrogens is 4. The molecule has 3 heterocycles. The predicted molar refractivity (Wildman–Crippen MR) is 128 cm³/mol. The molecule has 2 aromatic heterocycles. The van der Waals surface area contributed by atoms with Crippen molar-refractivity contribution in [2.24, 2.45) is 0 Å². The van der Waals surface area contributed by atoms with Gasteiger partial charge in [0.05, 0.1) is 18.8 Å². The Hall–Kier alpha value is -2.90. The lowest BCUT2D eigenvalue weighted by Gasteiger charge is -2.26. The fourth-order valence-electron chi connectivity index (χ4n) is 4.30. The van der Waals surface area contributed by atoms with Crippen LogP contribution < -0.4 is 0 Å². The Bertz CT molecular complexity index is 1190. The molecule has 0 bridgehead atoms. The second kappa shape index (κ2) is 9.71. The highest BCUT2D eigenvalue weighted by Crippen LogP contribution is 2.24. The van der Waals surface area contributed by atoms with Crippen LogP contribution in [0.4, 0.5) is 0 Å². The summed E-state index contributed by atoms with van der Waals surface area (Å²) < 4.78 is 2.18. The SMILES string of the molecule is O=C(CSc1nnc(CN2CCCCC2)n1Cc1ccccc1)c1c[nH]c2ccccc12. The van der Waals surface area contributed by atoms with E-state index in [0.717, 1.165) is 47.1 Å². The van der Waals surface area contributed by atoms with E-state index in [1.165, 1.54) is 36.6 Å². The zero-order chi connectivity index (χ0) is 21.8. The van der Waals surface area contributed by atoms with E-state index in [-0.39, 0.29) is 5.78 Å². The van der Waals surface area contributed by atoms with E-state index < -0.39 is 0 Å². The first-order valence-corrected chi connectivity index (χ1v) is 12.2. The maximum Gasteiger partial charge on any atom is 0.192 e. The standard InChI is InChI=1S/C25H27N5OS/c31-23(21-15-26-22-12-6-5-11-20(21)22)18-32-25-28-27-24(17-29-13-7-2-8-14-29)30(25)16-19-9-3-1-4-10-19/h1,3-6,9-12,15,26H,2,7-8,13-14,16-18H2. The van der Waals surface area contributed by atoms with Gasteiger partial charge in [-0.2, -0.15) is 0 Å². The number of para-hydroxylation sites is 1. The third-order valence-corrected chi connectivity index (χ3v) is 6.98. The molecule has 0 unspecified atom stereocenters. The number of likely N-dealkylation sites (tertiary alicyclic amines) is 1. The van der Waals surface area contributed by atoms with E-state index >= 15 is 0 Å². The average Bonchev–Trinajstić information content (AvgIpc) is 3.43. The zero-order valence-corrected chi connectivity index (χ0v) is 18.9. The summed E-state index contributed by atoms with van der Waals surface area (Å²) in [6.45, 7) is 3.73. The second-order valence-corrected chi connectivity index (χ2v) is 9.21. The van der Waals surface area contributed by atoms with Crippen LogP contribution in [-0.2, 0) is 13.1 Å². The van der Waals surface area contributed by atoms with Crippen molar-refractivity contribution in [3.63, 3.8) is 0 Å². The van der Waals surface area contributed by atoms with Gasteiger partial charge in [-0.3, -0.25) is 9.69 Å². The molecule has 0 aliphatic carbocycles. The molecule has 2 aromatic carbocycles. The van der Waals surface area contributed by atoms with E-state index in [9.17, 15) is 4.79 Å². The molecular formula is C25H27N5OS. The first kappa shape index (κ1) is 21.0. The van der Waals surface area contributed by atoms with Crippen LogP contribution in [0.1, 0.15) is 41.0 Å². The molecule has 164 valence electrons. The Labute approximate surface area is 192 Å². The van der Waals surface area contributed by atoms with Gasteiger partial charge in [-0.05, 0) is 37.6 Å². The number of fused-ring (bicyclic) bond motifs is 1. The quantitative estimate of drug-likeness (QED) is 0.313. The molecule has 32 heavy (non-hydrogen) atoms. The first-order valence-electron chi connectivity index (χ1n) is 11.2. The highest BCUT2D eigenvalue weighted by Gasteiger charge is 2.19. The van der Waals surface area contributed by atoms with Gasteiger partial charge in [-0.15, -0.1) is 10.2 Å². The molecule has 7 heteroatoms. The summed E-state index contributed by atoms with van der Waals surface area (Å²) in [4.78, 5) is 18.6. The molecule has 0 radical (unpaired) electrons. The van der Waals surface area contributed by atoms with Gasteiger partial charge in [0.25, 0.3) is 0 Å². The summed E-state index contributed by atoms with van der Waals surface area (Å²) in [5.74, 6) is 1.40. The molecule has 4 aromatic rings. The molecule has 1 fully saturated rings. The summed E-state index contributed by atoms with van der Waals surface area (Å²) in [5, 5.41) is 10.8. The maximum absolute atomic E-state index is 13.0. The molecule has 0 amide bonds. The van der Waals surface area contributed by atoms with Gasteiger partial charge < -0.3 is 9.55 Å². The highest BCUT2D eigenvalue weighted by atomic mass is 32.2. The summed E-state index contributed by atoms with van der Waals surface area (Å²) in [7, 11) is 0. The number of thioether (sulfide) groups is 1. The maximum atomic E-state index is 13.0. The smallest absolute Gasteiger partial charge is 0.192 e. The van der Waals surface area contributed by atoms with Gasteiger partial charge in [-0.1, -0.05) is 66.7 Å². The Morgan fingerprint density at radius 1 is 0.938 bits per heavy atom. The van der Waals surface area contributed by atoms with Crippen molar-refractivity contribution in [3.05, 3.63) is 77.7 Å². The molecule has 1 N–H and O–H groups in total. The number of hydrogen-bond donors (Lipinski definition) is 1. The van der Waals surface area contributed by atoms with E-state index in [1.807, 2.05) is 36.5 Å². The van der Waals surface area contributed by atoms with Crippen LogP contribution in [0.2, 0.25) is 0 Å².